The van der Waals surface area contributed by atoms with Crippen LogP contribution >= 0.6 is 12.4 Å². The van der Waals surface area contributed by atoms with Crippen molar-refractivity contribution in [3.63, 3.8) is 0 Å². The van der Waals surface area contributed by atoms with Crippen molar-refractivity contribution in [3.05, 3.63) is 30.3 Å². The van der Waals surface area contributed by atoms with Gasteiger partial charge >= 0.3 is 0 Å². The zero-order valence-electron chi connectivity index (χ0n) is 11.8. The van der Waals surface area contributed by atoms with E-state index in [2.05, 4.69) is 5.32 Å². The molecule has 1 saturated carbocycles. The second-order valence-corrected chi connectivity index (χ2v) is 5.78. The number of para-hydroxylation sites is 1. The molecule has 1 N–H and O–H groups in total. The standard InChI is InChI=1S/C16H22N2O.ClH/c19-16(11-14-5-4-10-17-14)18(12-13-8-9-13)15-6-2-1-3-7-15;/h1-3,6-7,13-14,17H,4-5,8-12H2;1H. The molecule has 4 heteroatoms. The van der Waals surface area contributed by atoms with Crippen LogP contribution in [0.15, 0.2) is 30.3 Å². The average molecular weight is 295 g/mol. The molecule has 0 spiro atoms. The van der Waals surface area contributed by atoms with Gasteiger partial charge in [0.25, 0.3) is 0 Å². The lowest BCUT2D eigenvalue weighted by Gasteiger charge is -2.24. The van der Waals surface area contributed by atoms with Gasteiger partial charge in [-0.15, -0.1) is 12.4 Å². The van der Waals surface area contributed by atoms with Gasteiger partial charge in [-0.1, -0.05) is 18.2 Å². The molecule has 3 rings (SSSR count). The summed E-state index contributed by atoms with van der Waals surface area (Å²) >= 11 is 0. The number of carbonyl (C=O) groups excluding carboxylic acids is 1. The highest BCUT2D eigenvalue weighted by molar-refractivity contribution is 5.93. The summed E-state index contributed by atoms with van der Waals surface area (Å²) in [4.78, 5) is 14.5. The van der Waals surface area contributed by atoms with E-state index in [4.69, 9.17) is 0 Å². The van der Waals surface area contributed by atoms with Crippen LogP contribution in [0.3, 0.4) is 0 Å². The lowest BCUT2D eigenvalue weighted by atomic mass is 10.1. The highest BCUT2D eigenvalue weighted by Gasteiger charge is 2.29. The minimum atomic E-state index is 0. The smallest absolute Gasteiger partial charge is 0.228 e. The molecule has 0 aromatic heterocycles. The maximum Gasteiger partial charge on any atom is 0.228 e. The molecular weight excluding hydrogens is 272 g/mol. The van der Waals surface area contributed by atoms with Gasteiger partial charge < -0.3 is 10.2 Å². The van der Waals surface area contributed by atoms with E-state index in [1.807, 2.05) is 35.2 Å². The molecular formula is C16H23ClN2O. The fourth-order valence-corrected chi connectivity index (χ4v) is 2.77. The van der Waals surface area contributed by atoms with Gasteiger partial charge in [0.05, 0.1) is 0 Å². The molecule has 0 bridgehead atoms. The van der Waals surface area contributed by atoms with Crippen LogP contribution in [0.2, 0.25) is 0 Å². The van der Waals surface area contributed by atoms with Crippen LogP contribution in [-0.2, 0) is 4.79 Å². The van der Waals surface area contributed by atoms with Crippen molar-refractivity contribution < 1.29 is 4.79 Å². The second kappa shape index (κ2) is 7.09. The highest BCUT2D eigenvalue weighted by Crippen LogP contribution is 2.32. The van der Waals surface area contributed by atoms with Crippen LogP contribution in [-0.4, -0.2) is 25.0 Å². The van der Waals surface area contributed by atoms with E-state index in [1.165, 1.54) is 19.3 Å². The maximum absolute atomic E-state index is 12.5. The largest absolute Gasteiger partial charge is 0.313 e. The molecule has 1 heterocycles. The molecule has 20 heavy (non-hydrogen) atoms. The monoisotopic (exact) mass is 294 g/mol. The van der Waals surface area contributed by atoms with Crippen LogP contribution in [0.25, 0.3) is 0 Å². The molecule has 1 aromatic carbocycles. The summed E-state index contributed by atoms with van der Waals surface area (Å²) in [6.45, 7) is 1.96. The fourth-order valence-electron chi connectivity index (χ4n) is 2.77. The van der Waals surface area contributed by atoms with E-state index in [1.54, 1.807) is 0 Å². The van der Waals surface area contributed by atoms with Crippen LogP contribution in [0, 0.1) is 5.92 Å². The SMILES string of the molecule is Cl.O=C(CC1CCCN1)N(CC1CC1)c1ccccc1. The third kappa shape index (κ3) is 3.97. The van der Waals surface area contributed by atoms with E-state index in [0.29, 0.717) is 12.5 Å². The topological polar surface area (TPSA) is 32.3 Å². The number of carbonyl (C=O) groups is 1. The summed E-state index contributed by atoms with van der Waals surface area (Å²) in [7, 11) is 0. The Morgan fingerprint density at radius 1 is 1.20 bits per heavy atom. The summed E-state index contributed by atoms with van der Waals surface area (Å²) in [5.74, 6) is 0.998. The summed E-state index contributed by atoms with van der Waals surface area (Å²) in [6.07, 6.45) is 5.53. The molecule has 110 valence electrons. The van der Waals surface area contributed by atoms with E-state index in [-0.39, 0.29) is 18.3 Å². The first kappa shape index (κ1) is 15.3. The zero-order valence-corrected chi connectivity index (χ0v) is 12.6. The number of nitrogens with zero attached hydrogens (tertiary/aromatic N) is 1. The maximum atomic E-state index is 12.5. The third-order valence-corrected chi connectivity index (χ3v) is 4.09. The number of nitrogens with one attached hydrogen (secondary N) is 1. The van der Waals surface area contributed by atoms with Gasteiger partial charge in [-0.2, -0.15) is 0 Å². The number of amides is 1. The number of rotatable bonds is 5. The number of hydrogen-bond donors (Lipinski definition) is 1. The van der Waals surface area contributed by atoms with Gasteiger partial charge in [-0.05, 0) is 50.3 Å². The molecule has 1 unspecified atom stereocenters. The van der Waals surface area contributed by atoms with Crippen LogP contribution < -0.4 is 10.2 Å². The van der Waals surface area contributed by atoms with Crippen molar-refractivity contribution in [2.24, 2.45) is 5.92 Å². The third-order valence-electron chi connectivity index (χ3n) is 4.09. The molecule has 2 aliphatic rings. The first-order valence-electron chi connectivity index (χ1n) is 7.42. The van der Waals surface area contributed by atoms with Crippen LogP contribution in [0.1, 0.15) is 32.1 Å². The average Bonchev–Trinajstić information content (AvgIpc) is 3.12. The van der Waals surface area contributed by atoms with Crippen molar-refractivity contribution in [2.75, 3.05) is 18.0 Å². The minimum Gasteiger partial charge on any atom is -0.313 e. The quantitative estimate of drug-likeness (QED) is 0.905. The minimum absolute atomic E-state index is 0. The van der Waals surface area contributed by atoms with E-state index in [0.717, 1.165) is 31.1 Å². The number of anilines is 1. The summed E-state index contributed by atoms with van der Waals surface area (Å²) in [5, 5.41) is 3.42. The first-order chi connectivity index (χ1) is 9.33. The lowest BCUT2D eigenvalue weighted by molar-refractivity contribution is -0.119. The normalized spacial score (nSPS) is 21.3. The van der Waals surface area contributed by atoms with E-state index < -0.39 is 0 Å². The molecule has 1 saturated heterocycles. The Balaban J connectivity index is 0.00000147. The molecule has 1 aromatic rings. The molecule has 0 radical (unpaired) electrons. The Kier molecular flexibility index (Phi) is 5.44. The van der Waals surface area contributed by atoms with Gasteiger partial charge in [0, 0.05) is 24.7 Å². The fraction of sp³-hybridized carbons (Fsp3) is 0.562. The van der Waals surface area contributed by atoms with Gasteiger partial charge in [0.2, 0.25) is 5.91 Å². The summed E-state index contributed by atoms with van der Waals surface area (Å²) in [5.41, 5.74) is 1.05. The predicted octanol–water partition coefficient (Wildman–Crippen LogP) is 2.99. The van der Waals surface area contributed by atoms with Gasteiger partial charge in [-0.3, -0.25) is 4.79 Å². The number of halogens is 1. The zero-order chi connectivity index (χ0) is 13.1. The molecule has 1 atom stereocenters. The Bertz CT molecular complexity index is 427. The van der Waals surface area contributed by atoms with Gasteiger partial charge in [-0.25, -0.2) is 0 Å². The number of benzene rings is 1. The molecule has 1 aliphatic carbocycles. The summed E-state index contributed by atoms with van der Waals surface area (Å²) in [6, 6.07) is 10.5. The Hall–Kier alpha value is -1.06. The molecule has 1 aliphatic heterocycles. The molecule has 3 nitrogen and oxygen atoms in total. The van der Waals surface area contributed by atoms with E-state index >= 15 is 0 Å². The van der Waals surface area contributed by atoms with Crippen molar-refractivity contribution in [1.82, 2.24) is 5.32 Å². The summed E-state index contributed by atoms with van der Waals surface area (Å²) < 4.78 is 0. The van der Waals surface area contributed by atoms with Crippen molar-refractivity contribution in [1.29, 1.82) is 0 Å². The Morgan fingerprint density at radius 2 is 1.95 bits per heavy atom. The van der Waals surface area contributed by atoms with Crippen molar-refractivity contribution in [3.8, 4) is 0 Å². The predicted molar refractivity (Wildman–Crippen MR) is 84.4 cm³/mol. The van der Waals surface area contributed by atoms with Gasteiger partial charge in [0.15, 0.2) is 0 Å². The first-order valence-corrected chi connectivity index (χ1v) is 7.42. The van der Waals surface area contributed by atoms with E-state index in [9.17, 15) is 4.79 Å². The number of hydrogen-bond acceptors (Lipinski definition) is 2. The van der Waals surface area contributed by atoms with Crippen LogP contribution in [0.4, 0.5) is 5.69 Å². The van der Waals surface area contributed by atoms with Crippen molar-refractivity contribution >= 4 is 24.0 Å². The van der Waals surface area contributed by atoms with Crippen LogP contribution in [0.5, 0.6) is 0 Å². The molecule has 2 fully saturated rings. The lowest BCUT2D eigenvalue weighted by Crippen LogP contribution is -2.37. The molecule has 1 amide bonds. The van der Waals surface area contributed by atoms with Gasteiger partial charge in [0.1, 0.15) is 0 Å². The Labute approximate surface area is 127 Å². The Morgan fingerprint density at radius 3 is 2.55 bits per heavy atom. The second-order valence-electron chi connectivity index (χ2n) is 5.78. The van der Waals surface area contributed by atoms with Crippen molar-refractivity contribution in [2.45, 2.75) is 38.1 Å². The highest BCUT2D eigenvalue weighted by atomic mass is 35.5.